The molecule has 0 aliphatic heterocycles. The molecule has 0 radical (unpaired) electrons. The number of nitrogen functional groups attached to an aromatic ring is 1. The zero-order valence-corrected chi connectivity index (χ0v) is 11.9. The third-order valence-corrected chi connectivity index (χ3v) is 3.87. The molecular formula is C15H17NO2S. The fourth-order valence-corrected chi connectivity index (χ4v) is 2.79. The summed E-state index contributed by atoms with van der Waals surface area (Å²) in [5.41, 5.74) is 7.58. The van der Waals surface area contributed by atoms with E-state index in [2.05, 4.69) is 0 Å². The minimum atomic E-state index is 0.711. The van der Waals surface area contributed by atoms with Gasteiger partial charge in [0.1, 0.15) is 11.5 Å². The van der Waals surface area contributed by atoms with Crippen molar-refractivity contribution in [1.29, 1.82) is 0 Å². The van der Waals surface area contributed by atoms with E-state index in [4.69, 9.17) is 15.2 Å². The van der Waals surface area contributed by atoms with E-state index in [9.17, 15) is 0 Å². The molecule has 0 atom stereocenters. The summed E-state index contributed by atoms with van der Waals surface area (Å²) in [5, 5.41) is 0. The highest BCUT2D eigenvalue weighted by Crippen LogP contribution is 2.34. The Kier molecular flexibility index (Phi) is 4.58. The largest absolute Gasteiger partial charge is 0.496 e. The van der Waals surface area contributed by atoms with Crippen LogP contribution in [0.2, 0.25) is 0 Å². The van der Waals surface area contributed by atoms with Crippen molar-refractivity contribution < 1.29 is 9.47 Å². The number of anilines is 1. The molecule has 0 spiro atoms. The van der Waals surface area contributed by atoms with Gasteiger partial charge < -0.3 is 15.2 Å². The van der Waals surface area contributed by atoms with E-state index in [1.807, 2.05) is 42.5 Å². The van der Waals surface area contributed by atoms with E-state index in [0.29, 0.717) is 5.69 Å². The molecule has 0 heterocycles. The average molecular weight is 275 g/mol. The monoisotopic (exact) mass is 275 g/mol. The van der Waals surface area contributed by atoms with E-state index >= 15 is 0 Å². The number of para-hydroxylation sites is 1. The first-order valence-corrected chi connectivity index (χ1v) is 6.91. The van der Waals surface area contributed by atoms with Crippen LogP contribution in [-0.4, -0.2) is 14.2 Å². The van der Waals surface area contributed by atoms with Gasteiger partial charge in [-0.15, -0.1) is 11.8 Å². The number of ether oxygens (including phenoxy) is 2. The van der Waals surface area contributed by atoms with Crippen LogP contribution in [0.3, 0.4) is 0 Å². The fraction of sp³-hybridized carbons (Fsp3) is 0.200. The van der Waals surface area contributed by atoms with Crippen molar-refractivity contribution in [3.8, 4) is 11.5 Å². The van der Waals surface area contributed by atoms with E-state index in [1.54, 1.807) is 26.0 Å². The molecule has 0 saturated carbocycles. The Balaban J connectivity index is 2.14. The fourth-order valence-electron chi connectivity index (χ4n) is 1.77. The van der Waals surface area contributed by atoms with Gasteiger partial charge >= 0.3 is 0 Å². The van der Waals surface area contributed by atoms with Crippen molar-refractivity contribution >= 4 is 17.4 Å². The molecule has 100 valence electrons. The van der Waals surface area contributed by atoms with Crippen molar-refractivity contribution in [2.24, 2.45) is 0 Å². The minimum Gasteiger partial charge on any atom is -0.496 e. The van der Waals surface area contributed by atoms with Crippen molar-refractivity contribution in [1.82, 2.24) is 0 Å². The summed E-state index contributed by atoms with van der Waals surface area (Å²) in [4.78, 5) is 1.11. The predicted octanol–water partition coefficient (Wildman–Crippen LogP) is 3.58. The molecule has 0 amide bonds. The first kappa shape index (κ1) is 13.6. The molecular weight excluding hydrogens is 258 g/mol. The number of hydrogen-bond donors (Lipinski definition) is 1. The van der Waals surface area contributed by atoms with Gasteiger partial charge in [0.15, 0.2) is 0 Å². The van der Waals surface area contributed by atoms with Crippen molar-refractivity contribution in [2.45, 2.75) is 10.6 Å². The normalized spacial score (nSPS) is 10.2. The highest BCUT2D eigenvalue weighted by atomic mass is 32.2. The quantitative estimate of drug-likeness (QED) is 0.669. The molecule has 0 bridgehead atoms. The van der Waals surface area contributed by atoms with E-state index in [0.717, 1.165) is 27.7 Å². The molecule has 0 aliphatic rings. The van der Waals surface area contributed by atoms with Crippen molar-refractivity contribution in [2.75, 3.05) is 20.0 Å². The highest BCUT2D eigenvalue weighted by molar-refractivity contribution is 7.98. The Morgan fingerprint density at radius 2 is 1.74 bits per heavy atom. The average Bonchev–Trinajstić information content (AvgIpc) is 2.46. The molecule has 19 heavy (non-hydrogen) atoms. The van der Waals surface area contributed by atoms with Gasteiger partial charge in [-0.05, 0) is 18.2 Å². The summed E-state index contributed by atoms with van der Waals surface area (Å²) in [5.74, 6) is 2.52. The Hall–Kier alpha value is -1.81. The topological polar surface area (TPSA) is 44.5 Å². The standard InChI is InChI=1S/C15H17NO2S/c1-17-13-5-3-4-6-15(13)19-10-11-7-8-12(16)9-14(11)18-2/h3-9H,10,16H2,1-2H3. The minimum absolute atomic E-state index is 0.711. The molecule has 2 N–H and O–H groups in total. The lowest BCUT2D eigenvalue weighted by Crippen LogP contribution is -1.93. The molecule has 3 nitrogen and oxygen atoms in total. The van der Waals surface area contributed by atoms with E-state index < -0.39 is 0 Å². The van der Waals surface area contributed by atoms with Gasteiger partial charge in [-0.25, -0.2) is 0 Å². The molecule has 2 aromatic carbocycles. The molecule has 0 aromatic heterocycles. The zero-order chi connectivity index (χ0) is 13.7. The van der Waals surface area contributed by atoms with Crippen molar-refractivity contribution in [3.63, 3.8) is 0 Å². The highest BCUT2D eigenvalue weighted by Gasteiger charge is 2.07. The van der Waals surface area contributed by atoms with Gasteiger partial charge in [0.05, 0.1) is 14.2 Å². The van der Waals surface area contributed by atoms with Gasteiger partial charge in [0.2, 0.25) is 0 Å². The second kappa shape index (κ2) is 6.38. The molecule has 0 aliphatic carbocycles. The lowest BCUT2D eigenvalue weighted by molar-refractivity contribution is 0.404. The van der Waals surface area contributed by atoms with Crippen LogP contribution in [-0.2, 0) is 5.75 Å². The van der Waals surface area contributed by atoms with E-state index in [1.165, 1.54) is 0 Å². The maximum absolute atomic E-state index is 5.75. The number of benzene rings is 2. The van der Waals surface area contributed by atoms with Crippen molar-refractivity contribution in [3.05, 3.63) is 48.0 Å². The number of rotatable bonds is 5. The molecule has 2 aromatic rings. The number of thioether (sulfide) groups is 1. The SMILES string of the molecule is COc1cc(N)ccc1CSc1ccccc1OC. The summed E-state index contributed by atoms with van der Waals surface area (Å²) in [6.07, 6.45) is 0. The van der Waals surface area contributed by atoms with Crippen LogP contribution < -0.4 is 15.2 Å². The Morgan fingerprint density at radius 3 is 2.47 bits per heavy atom. The second-order valence-corrected chi connectivity index (χ2v) is 5.03. The van der Waals surface area contributed by atoms with Crippen LogP contribution >= 0.6 is 11.8 Å². The van der Waals surface area contributed by atoms with Crippen LogP contribution in [0, 0.1) is 0 Å². The van der Waals surface area contributed by atoms with Crippen LogP contribution in [0.1, 0.15) is 5.56 Å². The smallest absolute Gasteiger partial charge is 0.132 e. The lowest BCUT2D eigenvalue weighted by atomic mass is 10.2. The number of hydrogen-bond acceptors (Lipinski definition) is 4. The first-order valence-electron chi connectivity index (χ1n) is 5.93. The Morgan fingerprint density at radius 1 is 1.00 bits per heavy atom. The van der Waals surface area contributed by atoms with Crippen LogP contribution in [0.25, 0.3) is 0 Å². The number of methoxy groups -OCH3 is 2. The third-order valence-electron chi connectivity index (χ3n) is 2.76. The van der Waals surface area contributed by atoms with Gasteiger partial charge in [-0.1, -0.05) is 18.2 Å². The summed E-state index contributed by atoms with van der Waals surface area (Å²) in [6, 6.07) is 13.7. The summed E-state index contributed by atoms with van der Waals surface area (Å²) >= 11 is 1.71. The lowest BCUT2D eigenvalue weighted by Gasteiger charge is -2.11. The Bertz CT molecular complexity index is 558. The van der Waals surface area contributed by atoms with E-state index in [-0.39, 0.29) is 0 Å². The first-order chi connectivity index (χ1) is 9.24. The molecule has 0 unspecified atom stereocenters. The predicted molar refractivity (Wildman–Crippen MR) is 80.0 cm³/mol. The zero-order valence-electron chi connectivity index (χ0n) is 11.1. The van der Waals surface area contributed by atoms with Gasteiger partial charge in [0.25, 0.3) is 0 Å². The summed E-state index contributed by atoms with van der Waals surface area (Å²) in [6.45, 7) is 0. The Labute approximate surface area is 117 Å². The number of nitrogens with two attached hydrogens (primary N) is 1. The second-order valence-electron chi connectivity index (χ2n) is 4.01. The van der Waals surface area contributed by atoms with Gasteiger partial charge in [-0.2, -0.15) is 0 Å². The molecule has 2 rings (SSSR count). The van der Waals surface area contributed by atoms with Crippen LogP contribution in [0.5, 0.6) is 11.5 Å². The maximum atomic E-state index is 5.75. The van der Waals surface area contributed by atoms with Crippen LogP contribution in [0.15, 0.2) is 47.4 Å². The summed E-state index contributed by atoms with van der Waals surface area (Å²) < 4.78 is 10.7. The molecule has 4 heteroatoms. The molecule has 0 saturated heterocycles. The van der Waals surface area contributed by atoms with Gasteiger partial charge in [-0.3, -0.25) is 0 Å². The maximum Gasteiger partial charge on any atom is 0.132 e. The molecule has 0 fully saturated rings. The third kappa shape index (κ3) is 3.35. The summed E-state index contributed by atoms with van der Waals surface area (Å²) in [7, 11) is 3.34. The van der Waals surface area contributed by atoms with Crippen LogP contribution in [0.4, 0.5) is 5.69 Å². The van der Waals surface area contributed by atoms with Gasteiger partial charge in [0, 0.05) is 28.0 Å².